The molecule has 0 radical (unpaired) electrons. The van der Waals surface area contributed by atoms with Gasteiger partial charge in [-0.1, -0.05) is 57.7 Å². The molecule has 5 heteroatoms. The Morgan fingerprint density at radius 1 is 1.06 bits per heavy atom. The minimum atomic E-state index is -0.670. The fourth-order valence-electron chi connectivity index (χ4n) is 4.43. The first-order valence-corrected chi connectivity index (χ1v) is 13.2. The van der Waals surface area contributed by atoms with Crippen LogP contribution in [0.3, 0.4) is 0 Å². The molecule has 1 heterocycles. The highest BCUT2D eigenvalue weighted by Gasteiger charge is 2.25. The molecule has 0 unspecified atom stereocenters. The first-order chi connectivity index (χ1) is 15.5. The largest absolute Gasteiger partial charge is 0.508 e. The quantitative estimate of drug-likeness (QED) is 0.347. The Hall–Kier alpha value is -1.85. The lowest BCUT2D eigenvalue weighted by Gasteiger charge is -2.35. The number of hydrogen-bond donors (Lipinski definition) is 2. The molecule has 1 atom stereocenters. The van der Waals surface area contributed by atoms with Crippen LogP contribution in [0.4, 0.5) is 0 Å². The molecule has 3 rings (SSSR count). The minimum absolute atomic E-state index is 0.337. The van der Waals surface area contributed by atoms with E-state index in [2.05, 4.69) is 42.3 Å². The van der Waals surface area contributed by atoms with Crippen molar-refractivity contribution in [3.8, 4) is 5.75 Å². The fraction of sp³-hybridized carbons (Fsp3) is 0.593. The van der Waals surface area contributed by atoms with Crippen LogP contribution in [0.15, 0.2) is 35.7 Å². The number of phenolic OH excluding ortho intramolecular Hbond substituents is 1. The van der Waals surface area contributed by atoms with Gasteiger partial charge in [0, 0.05) is 23.9 Å². The topological polar surface area (TPSA) is 60.8 Å². The van der Waals surface area contributed by atoms with Crippen molar-refractivity contribution >= 4 is 17.3 Å². The highest BCUT2D eigenvalue weighted by molar-refractivity contribution is 7.09. The van der Waals surface area contributed by atoms with E-state index in [0.29, 0.717) is 18.2 Å². The number of carbonyl (C=O) groups is 1. The number of rotatable bonds is 12. The molecule has 32 heavy (non-hydrogen) atoms. The summed E-state index contributed by atoms with van der Waals surface area (Å²) in [7, 11) is 0. The third-order valence-corrected chi connectivity index (χ3v) is 7.11. The molecule has 1 aromatic heterocycles. The summed E-state index contributed by atoms with van der Waals surface area (Å²) in [5, 5.41) is 20.4. The number of nitrogens with zero attached hydrogens (tertiary/aromatic N) is 1. The van der Waals surface area contributed by atoms with Gasteiger partial charge in [0.25, 0.3) is 0 Å². The number of carboxylic acids is 1. The first kappa shape index (κ1) is 26.4. The summed E-state index contributed by atoms with van der Waals surface area (Å²) in [5.74, 6) is -0.187. The average molecular weight is 460 g/mol. The van der Waals surface area contributed by atoms with Crippen molar-refractivity contribution in [3.63, 3.8) is 0 Å². The zero-order valence-corrected chi connectivity index (χ0v) is 20.7. The van der Waals surface area contributed by atoms with E-state index < -0.39 is 5.97 Å². The Balaban J connectivity index is 0.000000309. The van der Waals surface area contributed by atoms with Crippen LogP contribution < -0.4 is 0 Å². The smallest absolute Gasteiger partial charge is 0.303 e. The maximum Gasteiger partial charge on any atom is 0.303 e. The van der Waals surface area contributed by atoms with Crippen molar-refractivity contribution in [2.24, 2.45) is 0 Å². The van der Waals surface area contributed by atoms with Gasteiger partial charge in [-0.3, -0.25) is 9.69 Å². The third kappa shape index (κ3) is 9.33. The van der Waals surface area contributed by atoms with Crippen LogP contribution in [0, 0.1) is 0 Å². The molecule has 1 aliphatic carbocycles. The zero-order chi connectivity index (χ0) is 23.2. The molecule has 178 valence electrons. The van der Waals surface area contributed by atoms with Crippen LogP contribution in [0.5, 0.6) is 5.75 Å². The van der Waals surface area contributed by atoms with Crippen LogP contribution in [0.2, 0.25) is 0 Å². The van der Waals surface area contributed by atoms with Gasteiger partial charge < -0.3 is 10.2 Å². The number of hydrogen-bond acceptors (Lipinski definition) is 4. The Bertz CT molecular complexity index is 775. The molecule has 2 N–H and O–H groups in total. The monoisotopic (exact) mass is 459 g/mol. The lowest BCUT2D eigenvalue weighted by molar-refractivity contribution is -0.137. The zero-order valence-electron chi connectivity index (χ0n) is 19.9. The third-order valence-electron chi connectivity index (χ3n) is 6.18. The highest BCUT2D eigenvalue weighted by atomic mass is 32.1. The van der Waals surface area contributed by atoms with Crippen molar-refractivity contribution in [1.29, 1.82) is 0 Å². The minimum Gasteiger partial charge on any atom is -0.508 e. The molecule has 4 nitrogen and oxygen atoms in total. The molecule has 2 aromatic rings. The van der Waals surface area contributed by atoms with Crippen LogP contribution >= 0.6 is 11.3 Å². The molecule has 0 aliphatic heterocycles. The number of fused-ring (bicyclic) bond motifs is 1. The molecule has 0 saturated heterocycles. The van der Waals surface area contributed by atoms with Gasteiger partial charge in [-0.05, 0) is 73.7 Å². The van der Waals surface area contributed by atoms with E-state index in [1.54, 1.807) is 0 Å². The van der Waals surface area contributed by atoms with Crippen molar-refractivity contribution in [1.82, 2.24) is 4.90 Å². The van der Waals surface area contributed by atoms with Gasteiger partial charge in [-0.2, -0.15) is 0 Å². The number of phenols is 1. The Kier molecular flexibility index (Phi) is 12.4. The average Bonchev–Trinajstić information content (AvgIpc) is 3.30. The summed E-state index contributed by atoms with van der Waals surface area (Å²) in [6.07, 6.45) is 11.5. The van der Waals surface area contributed by atoms with Gasteiger partial charge >= 0.3 is 5.97 Å². The molecular weight excluding hydrogens is 418 g/mol. The van der Waals surface area contributed by atoms with E-state index in [0.717, 1.165) is 45.1 Å². The van der Waals surface area contributed by atoms with E-state index in [4.69, 9.17) is 5.11 Å². The number of thiophene rings is 1. The number of unbranched alkanes of at least 4 members (excludes halogenated alkanes) is 4. The van der Waals surface area contributed by atoms with Crippen molar-refractivity contribution in [3.05, 3.63) is 51.7 Å². The molecule has 0 amide bonds. The maximum absolute atomic E-state index is 10.0. The normalized spacial score (nSPS) is 15.2. The first-order valence-electron chi connectivity index (χ1n) is 12.3. The second-order valence-electron chi connectivity index (χ2n) is 8.73. The van der Waals surface area contributed by atoms with Gasteiger partial charge in [0.1, 0.15) is 5.75 Å². The molecule has 1 aromatic carbocycles. The lowest BCUT2D eigenvalue weighted by Crippen LogP contribution is -2.41. The predicted molar refractivity (Wildman–Crippen MR) is 135 cm³/mol. The summed E-state index contributed by atoms with van der Waals surface area (Å²) < 4.78 is 0. The number of aromatic hydroxyl groups is 1. The number of benzene rings is 1. The summed E-state index contributed by atoms with van der Waals surface area (Å²) in [6, 6.07) is 11.0. The maximum atomic E-state index is 10.0. The Morgan fingerprint density at radius 2 is 1.88 bits per heavy atom. The summed E-state index contributed by atoms with van der Waals surface area (Å²) in [6.45, 7) is 6.73. The molecule has 0 fully saturated rings. The van der Waals surface area contributed by atoms with Crippen LogP contribution in [0.1, 0.15) is 81.2 Å². The van der Waals surface area contributed by atoms with E-state index in [9.17, 15) is 9.90 Å². The van der Waals surface area contributed by atoms with Crippen molar-refractivity contribution in [2.75, 3.05) is 13.1 Å². The molecule has 0 saturated carbocycles. The standard InChI is InChI=1S/C19H25NOS.C8H16O2/c1-2-11-20(12-10-17-6-4-13-22-17)16-8-9-18-15(14-16)5-3-7-19(18)21;1-2-3-4-5-6-7-8(9)10/h3-7,13,16,21H,2,8-12,14H2,1H3;2-7H2,1H3,(H,9,10)/t16-;/m0./s1. The van der Waals surface area contributed by atoms with Gasteiger partial charge in [0.15, 0.2) is 0 Å². The number of aliphatic carboxylic acids is 1. The van der Waals surface area contributed by atoms with Crippen molar-refractivity contribution in [2.45, 2.75) is 90.5 Å². The van der Waals surface area contributed by atoms with Gasteiger partial charge in [-0.25, -0.2) is 0 Å². The van der Waals surface area contributed by atoms with E-state index >= 15 is 0 Å². The Morgan fingerprint density at radius 3 is 2.56 bits per heavy atom. The van der Waals surface area contributed by atoms with Crippen LogP contribution in [0.25, 0.3) is 0 Å². The van der Waals surface area contributed by atoms with E-state index in [1.807, 2.05) is 23.5 Å². The molecule has 0 bridgehead atoms. The predicted octanol–water partition coefficient (Wildman–Crippen LogP) is 6.70. The van der Waals surface area contributed by atoms with Gasteiger partial charge in [0.05, 0.1) is 0 Å². The summed E-state index contributed by atoms with van der Waals surface area (Å²) in [5.41, 5.74) is 2.52. The second-order valence-corrected chi connectivity index (χ2v) is 9.77. The fourth-order valence-corrected chi connectivity index (χ4v) is 5.13. The molecular formula is C27H41NO3S. The van der Waals surface area contributed by atoms with Crippen molar-refractivity contribution < 1.29 is 15.0 Å². The molecule has 1 aliphatic rings. The second kappa shape index (κ2) is 15.1. The Labute approximate surface area is 198 Å². The van der Waals surface area contributed by atoms with Crippen LogP contribution in [-0.2, 0) is 24.1 Å². The lowest BCUT2D eigenvalue weighted by atomic mass is 9.86. The molecule has 0 spiro atoms. The summed E-state index contributed by atoms with van der Waals surface area (Å²) >= 11 is 1.86. The van der Waals surface area contributed by atoms with Crippen LogP contribution in [-0.4, -0.2) is 40.2 Å². The van der Waals surface area contributed by atoms with E-state index in [-0.39, 0.29) is 0 Å². The van der Waals surface area contributed by atoms with E-state index in [1.165, 1.54) is 48.2 Å². The SMILES string of the molecule is CCCCCCCC(=O)O.CCCN(CCc1cccs1)[C@H]1CCc2c(O)cccc2C1. The number of carboxylic acid groups (broad SMARTS) is 1. The van der Waals surface area contributed by atoms with Gasteiger partial charge in [-0.15, -0.1) is 11.3 Å². The summed E-state index contributed by atoms with van der Waals surface area (Å²) in [4.78, 5) is 14.2. The van der Waals surface area contributed by atoms with Gasteiger partial charge in [0.2, 0.25) is 0 Å². The highest BCUT2D eigenvalue weighted by Crippen LogP contribution is 2.30.